The Labute approximate surface area is 99.4 Å². The lowest BCUT2D eigenvalue weighted by Gasteiger charge is -2.16. The number of hydrogen-bond donors (Lipinski definition) is 2. The zero-order chi connectivity index (χ0) is 11.3. The van der Waals surface area contributed by atoms with Crippen molar-refractivity contribution >= 4 is 0 Å². The molecule has 3 aliphatic carbocycles. The van der Waals surface area contributed by atoms with Crippen LogP contribution in [0.3, 0.4) is 0 Å². The van der Waals surface area contributed by atoms with Gasteiger partial charge in [0, 0.05) is 12.1 Å². The standard InChI is InChI=1S/C14H26N2/c1-8(2)11(15)5-6-16-14-12-9-3-4-10(7-9)13(12)14/h8-14,16H,3-7,15H2,1-2H3. The number of rotatable bonds is 5. The lowest BCUT2D eigenvalue weighted by Crippen LogP contribution is -2.33. The SMILES string of the molecule is CC(C)C(N)CCNC1C2C3CCC(C3)C12. The predicted octanol–water partition coefficient (Wildman–Crippen LogP) is 1.99. The molecule has 2 heteroatoms. The normalized spacial score (nSPS) is 46.1. The molecule has 0 aromatic heterocycles. The van der Waals surface area contributed by atoms with Crippen LogP contribution in [0.25, 0.3) is 0 Å². The van der Waals surface area contributed by atoms with Gasteiger partial charge in [0.15, 0.2) is 0 Å². The molecule has 16 heavy (non-hydrogen) atoms. The van der Waals surface area contributed by atoms with Gasteiger partial charge in [-0.3, -0.25) is 0 Å². The molecule has 0 aromatic carbocycles. The minimum Gasteiger partial charge on any atom is -0.327 e. The first-order valence-electron chi connectivity index (χ1n) is 7.17. The third-order valence-corrected chi connectivity index (χ3v) is 5.45. The monoisotopic (exact) mass is 222 g/mol. The van der Waals surface area contributed by atoms with Crippen molar-refractivity contribution in [3.63, 3.8) is 0 Å². The van der Waals surface area contributed by atoms with Gasteiger partial charge in [-0.15, -0.1) is 0 Å². The summed E-state index contributed by atoms with van der Waals surface area (Å²) in [5, 5.41) is 3.77. The van der Waals surface area contributed by atoms with Gasteiger partial charge in [0.25, 0.3) is 0 Å². The van der Waals surface area contributed by atoms with Crippen molar-refractivity contribution in [3.8, 4) is 0 Å². The molecule has 3 aliphatic rings. The molecule has 0 spiro atoms. The van der Waals surface area contributed by atoms with Gasteiger partial charge in [-0.25, -0.2) is 0 Å². The first-order valence-corrected chi connectivity index (χ1v) is 7.17. The maximum Gasteiger partial charge on any atom is 0.0136 e. The topological polar surface area (TPSA) is 38.0 Å². The van der Waals surface area contributed by atoms with Crippen LogP contribution in [0.1, 0.15) is 39.5 Å². The molecule has 3 rings (SSSR count). The summed E-state index contributed by atoms with van der Waals surface area (Å²) in [5.74, 6) is 4.93. The fraction of sp³-hybridized carbons (Fsp3) is 1.00. The minimum absolute atomic E-state index is 0.378. The lowest BCUT2D eigenvalue weighted by molar-refractivity contribution is 0.419. The van der Waals surface area contributed by atoms with E-state index in [0.717, 1.165) is 42.7 Å². The second-order valence-electron chi connectivity index (χ2n) is 6.66. The summed E-state index contributed by atoms with van der Waals surface area (Å²) in [6.07, 6.45) is 5.74. The molecule has 2 nitrogen and oxygen atoms in total. The molecule has 0 aromatic rings. The third-order valence-electron chi connectivity index (χ3n) is 5.45. The fourth-order valence-corrected chi connectivity index (χ4v) is 4.35. The van der Waals surface area contributed by atoms with Crippen LogP contribution in [-0.2, 0) is 0 Å². The first-order chi connectivity index (χ1) is 7.68. The van der Waals surface area contributed by atoms with Crippen LogP contribution >= 0.6 is 0 Å². The van der Waals surface area contributed by atoms with Crippen molar-refractivity contribution in [2.75, 3.05) is 6.54 Å². The second kappa shape index (κ2) is 3.99. The van der Waals surface area contributed by atoms with Gasteiger partial charge in [-0.1, -0.05) is 13.8 Å². The van der Waals surface area contributed by atoms with E-state index in [1.807, 2.05) is 0 Å². The highest BCUT2D eigenvalue weighted by atomic mass is 15.0. The summed E-state index contributed by atoms with van der Waals surface area (Å²) >= 11 is 0. The molecular weight excluding hydrogens is 196 g/mol. The van der Waals surface area contributed by atoms with Crippen LogP contribution in [0.4, 0.5) is 0 Å². The van der Waals surface area contributed by atoms with Gasteiger partial charge in [0.2, 0.25) is 0 Å². The van der Waals surface area contributed by atoms with Gasteiger partial charge in [0.05, 0.1) is 0 Å². The predicted molar refractivity (Wildman–Crippen MR) is 67.0 cm³/mol. The van der Waals surface area contributed by atoms with Crippen molar-refractivity contribution in [3.05, 3.63) is 0 Å². The molecule has 3 saturated carbocycles. The van der Waals surface area contributed by atoms with Gasteiger partial charge in [0.1, 0.15) is 0 Å². The molecule has 0 radical (unpaired) electrons. The highest BCUT2D eigenvalue weighted by Gasteiger charge is 2.64. The fourth-order valence-electron chi connectivity index (χ4n) is 4.35. The van der Waals surface area contributed by atoms with Crippen molar-refractivity contribution in [2.45, 2.75) is 51.6 Å². The summed E-state index contributed by atoms with van der Waals surface area (Å²) in [7, 11) is 0. The average Bonchev–Trinajstić information content (AvgIpc) is 2.68. The van der Waals surface area contributed by atoms with Gasteiger partial charge >= 0.3 is 0 Å². The number of nitrogens with one attached hydrogen (secondary N) is 1. The molecule has 0 amide bonds. The number of fused-ring (bicyclic) bond motifs is 5. The van der Waals surface area contributed by atoms with E-state index in [1.165, 1.54) is 12.8 Å². The van der Waals surface area contributed by atoms with Crippen molar-refractivity contribution in [1.29, 1.82) is 0 Å². The quantitative estimate of drug-likeness (QED) is 0.746. The molecular formula is C14H26N2. The van der Waals surface area contributed by atoms with Gasteiger partial charge in [-0.2, -0.15) is 0 Å². The van der Waals surface area contributed by atoms with Gasteiger partial charge in [-0.05, 0) is 61.8 Å². The summed E-state index contributed by atoms with van der Waals surface area (Å²) in [5.41, 5.74) is 6.07. The second-order valence-corrected chi connectivity index (χ2v) is 6.66. The van der Waals surface area contributed by atoms with E-state index in [1.54, 1.807) is 6.42 Å². The highest BCUT2D eigenvalue weighted by molar-refractivity contribution is 5.16. The summed E-state index contributed by atoms with van der Waals surface area (Å²) in [4.78, 5) is 0. The molecule has 3 N–H and O–H groups in total. The Morgan fingerprint density at radius 2 is 1.81 bits per heavy atom. The van der Waals surface area contributed by atoms with Crippen LogP contribution < -0.4 is 11.1 Å². The summed E-state index contributed by atoms with van der Waals surface area (Å²) in [6.45, 7) is 5.57. The third kappa shape index (κ3) is 1.70. The number of nitrogens with two attached hydrogens (primary N) is 1. The zero-order valence-electron chi connectivity index (χ0n) is 10.7. The van der Waals surface area contributed by atoms with Crippen LogP contribution in [0.5, 0.6) is 0 Å². The largest absolute Gasteiger partial charge is 0.327 e. The van der Waals surface area contributed by atoms with E-state index < -0.39 is 0 Å². The van der Waals surface area contributed by atoms with E-state index in [0.29, 0.717) is 12.0 Å². The van der Waals surface area contributed by atoms with Crippen molar-refractivity contribution in [1.82, 2.24) is 5.32 Å². The Balaban J connectivity index is 1.39. The Hall–Kier alpha value is -0.0800. The molecule has 3 fully saturated rings. The molecule has 2 bridgehead atoms. The van der Waals surface area contributed by atoms with Crippen LogP contribution in [0.15, 0.2) is 0 Å². The van der Waals surface area contributed by atoms with E-state index >= 15 is 0 Å². The van der Waals surface area contributed by atoms with Crippen LogP contribution in [0, 0.1) is 29.6 Å². The summed E-state index contributed by atoms with van der Waals surface area (Å²) < 4.78 is 0. The Morgan fingerprint density at radius 3 is 2.38 bits per heavy atom. The molecule has 0 saturated heterocycles. The molecule has 92 valence electrons. The smallest absolute Gasteiger partial charge is 0.0136 e. The Morgan fingerprint density at radius 1 is 1.19 bits per heavy atom. The van der Waals surface area contributed by atoms with E-state index in [-0.39, 0.29) is 0 Å². The van der Waals surface area contributed by atoms with Crippen molar-refractivity contribution < 1.29 is 0 Å². The van der Waals surface area contributed by atoms with Gasteiger partial charge < -0.3 is 11.1 Å². The Kier molecular flexibility index (Phi) is 2.75. The minimum atomic E-state index is 0.378. The maximum absolute atomic E-state index is 6.07. The maximum atomic E-state index is 6.07. The average molecular weight is 222 g/mol. The van der Waals surface area contributed by atoms with Crippen LogP contribution in [-0.4, -0.2) is 18.6 Å². The highest BCUT2D eigenvalue weighted by Crippen LogP contribution is 2.65. The first kappa shape index (κ1) is 11.0. The zero-order valence-corrected chi connectivity index (χ0v) is 10.7. The molecule has 0 heterocycles. The van der Waals surface area contributed by atoms with Crippen LogP contribution in [0.2, 0.25) is 0 Å². The lowest BCUT2D eigenvalue weighted by atomic mass is 10.0. The molecule has 5 atom stereocenters. The molecule has 0 aliphatic heterocycles. The van der Waals surface area contributed by atoms with Crippen molar-refractivity contribution in [2.24, 2.45) is 35.3 Å². The van der Waals surface area contributed by atoms with E-state index in [2.05, 4.69) is 19.2 Å². The summed E-state index contributed by atoms with van der Waals surface area (Å²) in [6, 6.07) is 1.26. The molecule has 5 unspecified atom stereocenters. The number of hydrogen-bond acceptors (Lipinski definition) is 2. The van der Waals surface area contributed by atoms with E-state index in [4.69, 9.17) is 5.73 Å². The van der Waals surface area contributed by atoms with E-state index in [9.17, 15) is 0 Å². The Bertz CT molecular complexity index is 247.